The maximum absolute atomic E-state index is 11.6. The summed E-state index contributed by atoms with van der Waals surface area (Å²) in [4.78, 5) is 11.5. The van der Waals surface area contributed by atoms with E-state index in [2.05, 4.69) is 5.32 Å². The second-order valence-electron chi connectivity index (χ2n) is 8.07. The van der Waals surface area contributed by atoms with Crippen molar-refractivity contribution in [1.82, 2.24) is 5.32 Å². The predicted molar refractivity (Wildman–Crippen MR) is 113 cm³/mol. The molecule has 2 aromatic rings. The first-order valence-corrected chi connectivity index (χ1v) is 11.7. The summed E-state index contributed by atoms with van der Waals surface area (Å²) in [6, 6.07) is 12.4. The average Bonchev–Trinajstić information content (AvgIpc) is 2.69. The molecule has 2 aromatic carbocycles. The molecule has 1 N–H and O–H groups in total. The van der Waals surface area contributed by atoms with Crippen LogP contribution in [0, 0.1) is 0 Å². The van der Waals surface area contributed by atoms with E-state index in [1.807, 2.05) is 44.2 Å². The van der Waals surface area contributed by atoms with Gasteiger partial charge < -0.3 is 14.2 Å². The summed E-state index contributed by atoms with van der Waals surface area (Å²) in [5.74, 6) is 0.880. The third kappa shape index (κ3) is 5.73. The van der Waals surface area contributed by atoms with Gasteiger partial charge in [-0.1, -0.05) is 12.1 Å². The molecule has 1 unspecified atom stereocenters. The van der Waals surface area contributed by atoms with E-state index in [-0.39, 0.29) is 17.9 Å². The van der Waals surface area contributed by atoms with Gasteiger partial charge >= 0.3 is 5.97 Å². The average molecular weight is 434 g/mol. The number of carbonyl (C=O) groups is 1. The van der Waals surface area contributed by atoms with Crippen molar-refractivity contribution in [3.63, 3.8) is 0 Å². The van der Waals surface area contributed by atoms with Crippen molar-refractivity contribution in [2.75, 3.05) is 19.2 Å². The zero-order chi connectivity index (χ0) is 21.9. The number of esters is 1. The number of rotatable bonds is 7. The van der Waals surface area contributed by atoms with Crippen LogP contribution in [0.4, 0.5) is 0 Å². The number of hydrogen-bond donors (Lipinski definition) is 1. The van der Waals surface area contributed by atoms with Gasteiger partial charge in [0.05, 0.1) is 18.6 Å². The molecule has 0 aromatic heterocycles. The Morgan fingerprint density at radius 2 is 1.90 bits per heavy atom. The normalized spacial score (nSPS) is 17.5. The fraction of sp³-hybridized carbons (Fsp3) is 0.409. The highest BCUT2D eigenvalue weighted by atomic mass is 32.2. The molecule has 0 radical (unpaired) electrons. The summed E-state index contributed by atoms with van der Waals surface area (Å²) in [6.07, 6.45) is 1.84. The molecule has 0 bridgehead atoms. The quantitative estimate of drug-likeness (QED) is 0.670. The molecule has 1 atom stereocenters. The standard InChI is InChI=1S/C22H27NO6S/c1-22(2)12-19(23-14-30(4,25)26)18-11-17(9-10-20(18)29-22)28-13-15-5-7-16(8-6-15)21(24)27-3/h5-11,19,23H,12-14H2,1-4H3. The van der Waals surface area contributed by atoms with Gasteiger partial charge in [0.25, 0.3) is 0 Å². The number of methoxy groups -OCH3 is 1. The van der Waals surface area contributed by atoms with E-state index in [1.165, 1.54) is 13.4 Å². The molecule has 0 saturated carbocycles. The summed E-state index contributed by atoms with van der Waals surface area (Å²) < 4.78 is 39.9. The molecule has 0 amide bonds. The Hall–Kier alpha value is -2.58. The summed E-state index contributed by atoms with van der Waals surface area (Å²) >= 11 is 0. The Morgan fingerprint density at radius 1 is 1.20 bits per heavy atom. The third-order valence-corrected chi connectivity index (χ3v) is 5.50. The number of ether oxygens (including phenoxy) is 3. The summed E-state index contributed by atoms with van der Waals surface area (Å²) in [5, 5.41) is 3.13. The Labute approximate surface area is 177 Å². The molecule has 3 rings (SSSR count). The Balaban J connectivity index is 1.74. The second-order valence-corrected chi connectivity index (χ2v) is 10.2. The molecule has 0 fully saturated rings. The highest BCUT2D eigenvalue weighted by Gasteiger charge is 2.34. The van der Waals surface area contributed by atoms with Gasteiger partial charge in [-0.05, 0) is 49.7 Å². The number of carbonyl (C=O) groups excluding carboxylic acids is 1. The van der Waals surface area contributed by atoms with Crippen LogP contribution in [0.15, 0.2) is 42.5 Å². The number of sulfone groups is 1. The zero-order valence-electron chi connectivity index (χ0n) is 17.6. The number of hydrogen-bond acceptors (Lipinski definition) is 7. The molecule has 7 nitrogen and oxygen atoms in total. The van der Waals surface area contributed by atoms with E-state index in [1.54, 1.807) is 12.1 Å². The van der Waals surface area contributed by atoms with Crippen LogP contribution in [-0.2, 0) is 21.2 Å². The molecule has 8 heteroatoms. The Bertz CT molecular complexity index is 1010. The van der Waals surface area contributed by atoms with Crippen molar-refractivity contribution < 1.29 is 27.4 Å². The van der Waals surface area contributed by atoms with Crippen LogP contribution in [0.1, 0.15) is 47.8 Å². The fourth-order valence-corrected chi connectivity index (χ4v) is 3.88. The topological polar surface area (TPSA) is 90.9 Å². The minimum absolute atomic E-state index is 0.106. The SMILES string of the molecule is COC(=O)c1ccc(COc2ccc3c(c2)C(NCS(C)(=O)=O)CC(C)(C)O3)cc1. The van der Waals surface area contributed by atoms with E-state index in [0.717, 1.165) is 11.1 Å². The van der Waals surface area contributed by atoms with Gasteiger partial charge in [-0.2, -0.15) is 0 Å². The minimum Gasteiger partial charge on any atom is -0.489 e. The predicted octanol–water partition coefficient (Wildman–Crippen LogP) is 3.25. The van der Waals surface area contributed by atoms with E-state index in [0.29, 0.717) is 30.1 Å². The van der Waals surface area contributed by atoms with Crippen molar-refractivity contribution >= 4 is 15.8 Å². The van der Waals surface area contributed by atoms with Gasteiger partial charge in [0, 0.05) is 24.3 Å². The number of benzene rings is 2. The van der Waals surface area contributed by atoms with Crippen LogP contribution < -0.4 is 14.8 Å². The van der Waals surface area contributed by atoms with Crippen LogP contribution in [0.5, 0.6) is 11.5 Å². The summed E-state index contributed by atoms with van der Waals surface area (Å²) in [7, 11) is -1.80. The zero-order valence-corrected chi connectivity index (χ0v) is 18.4. The number of fused-ring (bicyclic) bond motifs is 1. The van der Waals surface area contributed by atoms with Gasteiger partial charge in [-0.25, -0.2) is 13.2 Å². The number of nitrogens with one attached hydrogen (secondary N) is 1. The molecular weight excluding hydrogens is 406 g/mol. The lowest BCUT2D eigenvalue weighted by atomic mass is 9.90. The highest BCUT2D eigenvalue weighted by Crippen LogP contribution is 2.41. The smallest absolute Gasteiger partial charge is 0.337 e. The van der Waals surface area contributed by atoms with E-state index < -0.39 is 15.4 Å². The lowest BCUT2D eigenvalue weighted by molar-refractivity contribution is 0.0600. The largest absolute Gasteiger partial charge is 0.489 e. The van der Waals surface area contributed by atoms with Gasteiger partial charge in [0.2, 0.25) is 0 Å². The van der Waals surface area contributed by atoms with Crippen LogP contribution in [0.3, 0.4) is 0 Å². The van der Waals surface area contributed by atoms with E-state index in [4.69, 9.17) is 14.2 Å². The maximum atomic E-state index is 11.6. The molecule has 1 aliphatic rings. The monoisotopic (exact) mass is 433 g/mol. The third-order valence-electron chi connectivity index (χ3n) is 4.81. The van der Waals surface area contributed by atoms with Crippen molar-refractivity contribution in [3.05, 3.63) is 59.2 Å². The van der Waals surface area contributed by atoms with Gasteiger partial charge in [0.15, 0.2) is 9.84 Å². The van der Waals surface area contributed by atoms with Crippen molar-refractivity contribution in [2.45, 2.75) is 38.5 Å². The van der Waals surface area contributed by atoms with Crippen LogP contribution >= 0.6 is 0 Å². The highest BCUT2D eigenvalue weighted by molar-refractivity contribution is 7.90. The van der Waals surface area contributed by atoms with Crippen LogP contribution in [0.2, 0.25) is 0 Å². The Morgan fingerprint density at radius 3 is 2.53 bits per heavy atom. The van der Waals surface area contributed by atoms with Crippen LogP contribution in [0.25, 0.3) is 0 Å². The van der Waals surface area contributed by atoms with Crippen LogP contribution in [-0.4, -0.2) is 39.2 Å². The van der Waals surface area contributed by atoms with Gasteiger partial charge in [-0.15, -0.1) is 0 Å². The first kappa shape index (κ1) is 22.1. The molecule has 1 heterocycles. The van der Waals surface area contributed by atoms with Crippen molar-refractivity contribution in [1.29, 1.82) is 0 Å². The van der Waals surface area contributed by atoms with E-state index in [9.17, 15) is 13.2 Å². The van der Waals surface area contributed by atoms with Gasteiger partial charge in [-0.3, -0.25) is 5.32 Å². The first-order chi connectivity index (χ1) is 14.1. The molecule has 0 aliphatic carbocycles. The fourth-order valence-electron chi connectivity index (χ4n) is 3.38. The molecule has 162 valence electrons. The van der Waals surface area contributed by atoms with Crippen molar-refractivity contribution in [3.8, 4) is 11.5 Å². The lowest BCUT2D eigenvalue weighted by Crippen LogP contribution is -2.40. The van der Waals surface area contributed by atoms with E-state index >= 15 is 0 Å². The molecule has 0 saturated heterocycles. The molecule has 1 aliphatic heterocycles. The Kier molecular flexibility index (Phi) is 6.38. The summed E-state index contributed by atoms with van der Waals surface area (Å²) in [6.45, 7) is 4.29. The minimum atomic E-state index is -3.15. The summed E-state index contributed by atoms with van der Waals surface area (Å²) in [5.41, 5.74) is 1.85. The van der Waals surface area contributed by atoms with Gasteiger partial charge in [0.1, 0.15) is 23.7 Å². The molecular formula is C22H27NO6S. The van der Waals surface area contributed by atoms with Crippen molar-refractivity contribution in [2.24, 2.45) is 0 Å². The maximum Gasteiger partial charge on any atom is 0.337 e. The second kappa shape index (κ2) is 8.65. The molecule has 30 heavy (non-hydrogen) atoms. The molecule has 0 spiro atoms. The lowest BCUT2D eigenvalue weighted by Gasteiger charge is -2.38. The first-order valence-electron chi connectivity index (χ1n) is 9.60.